The fraction of sp³-hybridized carbons (Fsp3) is 0.478. The maximum Gasteiger partial charge on any atom is 0.433 e. The number of aliphatic hydroxyl groups excluding tert-OH is 2. The van der Waals surface area contributed by atoms with Crippen molar-refractivity contribution in [3.8, 4) is 0 Å². The summed E-state index contributed by atoms with van der Waals surface area (Å²) < 4.78 is 52.3. The number of halogens is 3. The van der Waals surface area contributed by atoms with Gasteiger partial charge in [-0.2, -0.15) is 13.2 Å². The van der Waals surface area contributed by atoms with Crippen molar-refractivity contribution >= 4 is 22.9 Å². The number of amides is 1. The standard InChI is InChI=1S/C23H25F3N6O5/c1-11(2)32-10-28-19-13(32)7-6-12(29-19)20(35)27-8-22-9-36-21(37-22)16(17(33)18(22)34)31-15-5-3-4-14(30-15)23(24,25)26/h3-7,10-11,16-18,21,33-34H,8-9H2,1-2H3,(H,27,35)(H,30,31)/t16-,17-,18-,21+,22+/m1/s1. The summed E-state index contributed by atoms with van der Waals surface area (Å²) in [4.78, 5) is 24.8. The first-order valence-corrected chi connectivity index (χ1v) is 11.6. The monoisotopic (exact) mass is 522 g/mol. The Bertz CT molecular complexity index is 1320. The van der Waals surface area contributed by atoms with E-state index in [9.17, 15) is 28.2 Å². The van der Waals surface area contributed by atoms with Crippen LogP contribution in [0.3, 0.4) is 0 Å². The van der Waals surface area contributed by atoms with Gasteiger partial charge in [0.05, 0.1) is 25.0 Å². The molecule has 0 radical (unpaired) electrons. The number of carbonyl (C=O) groups excluding carboxylic acids is 1. The molecule has 0 unspecified atom stereocenters. The van der Waals surface area contributed by atoms with Gasteiger partial charge in [-0.15, -0.1) is 0 Å². The van der Waals surface area contributed by atoms with Gasteiger partial charge in [0.1, 0.15) is 41.1 Å². The zero-order valence-corrected chi connectivity index (χ0v) is 19.8. The van der Waals surface area contributed by atoms with E-state index in [0.717, 1.165) is 11.6 Å². The molecule has 1 amide bonds. The van der Waals surface area contributed by atoms with Gasteiger partial charge in [0.15, 0.2) is 11.9 Å². The first-order valence-electron chi connectivity index (χ1n) is 11.6. The maximum atomic E-state index is 13.0. The Labute approximate surface area is 208 Å². The molecule has 3 aromatic heterocycles. The molecule has 3 aromatic rings. The number of hydrogen-bond acceptors (Lipinski definition) is 9. The number of hydrogen-bond donors (Lipinski definition) is 4. The Hall–Kier alpha value is -3.33. The second kappa shape index (κ2) is 9.20. The Morgan fingerprint density at radius 3 is 2.76 bits per heavy atom. The number of pyridine rings is 2. The molecule has 14 heteroatoms. The third kappa shape index (κ3) is 4.61. The summed E-state index contributed by atoms with van der Waals surface area (Å²) in [6.07, 6.45) is -7.15. The molecule has 2 fully saturated rings. The van der Waals surface area contributed by atoms with E-state index < -0.39 is 47.9 Å². The molecular weight excluding hydrogens is 497 g/mol. The van der Waals surface area contributed by atoms with Crippen LogP contribution in [0.5, 0.6) is 0 Å². The third-order valence-electron chi connectivity index (χ3n) is 6.49. The van der Waals surface area contributed by atoms with Crippen molar-refractivity contribution < 1.29 is 37.7 Å². The fourth-order valence-electron chi connectivity index (χ4n) is 4.49. The predicted molar refractivity (Wildman–Crippen MR) is 122 cm³/mol. The van der Waals surface area contributed by atoms with Crippen molar-refractivity contribution in [1.29, 1.82) is 0 Å². The first-order chi connectivity index (χ1) is 17.5. The van der Waals surface area contributed by atoms with Crippen molar-refractivity contribution in [3.63, 3.8) is 0 Å². The van der Waals surface area contributed by atoms with Gasteiger partial charge in [-0.3, -0.25) is 4.79 Å². The highest BCUT2D eigenvalue weighted by Crippen LogP contribution is 2.38. The van der Waals surface area contributed by atoms with Crippen LogP contribution in [0.25, 0.3) is 11.2 Å². The van der Waals surface area contributed by atoms with Crippen molar-refractivity contribution in [3.05, 3.63) is 48.0 Å². The van der Waals surface area contributed by atoms with Gasteiger partial charge < -0.3 is 34.9 Å². The predicted octanol–water partition coefficient (Wildman–Crippen LogP) is 1.48. The summed E-state index contributed by atoms with van der Waals surface area (Å²) in [6.45, 7) is 3.61. The van der Waals surface area contributed by atoms with Crippen LogP contribution in [0, 0.1) is 0 Å². The molecule has 198 valence electrons. The normalized spacial score (nSPS) is 27.6. The van der Waals surface area contributed by atoms with E-state index >= 15 is 0 Å². The summed E-state index contributed by atoms with van der Waals surface area (Å²) in [5.41, 5.74) is -1.29. The average molecular weight is 522 g/mol. The second-order valence-electron chi connectivity index (χ2n) is 9.34. The molecule has 0 spiro atoms. The second-order valence-corrected chi connectivity index (χ2v) is 9.34. The number of alkyl halides is 3. The Morgan fingerprint density at radius 2 is 2.03 bits per heavy atom. The SMILES string of the molecule is CC(C)n1cnc2nc(C(=O)NC[C@@]34CO[C@@H](O3)[C@H](Nc3cccc(C(F)(F)F)n3)[C@@H](O)[C@H]4O)ccc21. The summed E-state index contributed by atoms with van der Waals surface area (Å²) in [7, 11) is 0. The highest BCUT2D eigenvalue weighted by atomic mass is 19.4. The third-order valence-corrected chi connectivity index (χ3v) is 6.49. The molecule has 5 rings (SSSR count). The van der Waals surface area contributed by atoms with Gasteiger partial charge in [0.2, 0.25) is 0 Å². The number of rotatable bonds is 6. The van der Waals surface area contributed by atoms with E-state index in [-0.39, 0.29) is 30.7 Å². The molecule has 0 saturated carbocycles. The van der Waals surface area contributed by atoms with Gasteiger partial charge >= 0.3 is 6.18 Å². The molecule has 0 aliphatic carbocycles. The van der Waals surface area contributed by atoms with Crippen molar-refractivity contribution in [1.82, 2.24) is 24.8 Å². The summed E-state index contributed by atoms with van der Waals surface area (Å²) >= 11 is 0. The van der Waals surface area contributed by atoms with Gasteiger partial charge in [-0.1, -0.05) is 6.07 Å². The highest BCUT2D eigenvalue weighted by Gasteiger charge is 2.59. The molecule has 5 heterocycles. The van der Waals surface area contributed by atoms with Gasteiger partial charge in [-0.25, -0.2) is 15.0 Å². The van der Waals surface area contributed by atoms with Crippen molar-refractivity contribution in [2.24, 2.45) is 0 Å². The first kappa shape index (κ1) is 25.3. The molecule has 11 nitrogen and oxygen atoms in total. The van der Waals surface area contributed by atoms with E-state index in [4.69, 9.17) is 9.47 Å². The molecular formula is C23H25F3N6O5. The smallest absolute Gasteiger partial charge is 0.388 e. The van der Waals surface area contributed by atoms with E-state index in [1.54, 1.807) is 18.5 Å². The minimum Gasteiger partial charge on any atom is -0.388 e. The minimum atomic E-state index is -4.65. The van der Waals surface area contributed by atoms with Gasteiger partial charge in [0.25, 0.3) is 5.91 Å². The van der Waals surface area contributed by atoms with Crippen molar-refractivity contribution in [2.75, 3.05) is 18.5 Å². The van der Waals surface area contributed by atoms with Crippen LogP contribution in [-0.4, -0.2) is 78.9 Å². The summed E-state index contributed by atoms with van der Waals surface area (Å²) in [6, 6.07) is 5.62. The van der Waals surface area contributed by atoms with Crippen LogP contribution in [0.4, 0.5) is 19.0 Å². The largest absolute Gasteiger partial charge is 0.433 e. The Morgan fingerprint density at radius 1 is 1.24 bits per heavy atom. The van der Waals surface area contributed by atoms with Crippen molar-refractivity contribution in [2.45, 2.75) is 56.2 Å². The van der Waals surface area contributed by atoms with Crippen LogP contribution in [0.1, 0.15) is 36.1 Å². The Kier molecular flexibility index (Phi) is 6.30. The number of anilines is 1. The quantitative estimate of drug-likeness (QED) is 0.379. The van der Waals surface area contributed by atoms with Gasteiger partial charge in [-0.05, 0) is 38.1 Å². The van der Waals surface area contributed by atoms with Gasteiger partial charge in [0, 0.05) is 6.04 Å². The zero-order chi connectivity index (χ0) is 26.5. The zero-order valence-electron chi connectivity index (χ0n) is 19.8. The number of nitrogens with one attached hydrogen (secondary N) is 2. The lowest BCUT2D eigenvalue weighted by Gasteiger charge is -2.43. The Balaban J connectivity index is 1.27. The van der Waals surface area contributed by atoms with E-state index in [0.29, 0.717) is 5.65 Å². The number of aliphatic hydroxyl groups is 2. The molecule has 2 saturated heterocycles. The van der Waals surface area contributed by atoms with Crippen LogP contribution in [0.15, 0.2) is 36.7 Å². The number of aromatic nitrogens is 4. The average Bonchev–Trinajstić information content (AvgIpc) is 3.47. The van der Waals surface area contributed by atoms with E-state index in [1.165, 1.54) is 12.1 Å². The number of imidazole rings is 1. The lowest BCUT2D eigenvalue weighted by Crippen LogP contribution is -2.66. The van der Waals surface area contributed by atoms with E-state index in [2.05, 4.69) is 25.6 Å². The van der Waals surface area contributed by atoms with Crippen LogP contribution >= 0.6 is 0 Å². The molecule has 2 aliphatic rings. The highest BCUT2D eigenvalue weighted by molar-refractivity contribution is 5.94. The number of fused-ring (bicyclic) bond motifs is 3. The molecule has 4 N–H and O–H groups in total. The minimum absolute atomic E-state index is 0.106. The maximum absolute atomic E-state index is 13.0. The number of ether oxygens (including phenoxy) is 2. The topological polar surface area (TPSA) is 144 Å². The lowest BCUT2D eigenvalue weighted by atomic mass is 9.87. The molecule has 2 aliphatic heterocycles. The number of nitrogens with zero attached hydrogens (tertiary/aromatic N) is 4. The molecule has 2 bridgehead atoms. The summed E-state index contributed by atoms with van der Waals surface area (Å²) in [5, 5.41) is 26.9. The van der Waals surface area contributed by atoms with Crippen LogP contribution in [-0.2, 0) is 15.7 Å². The fourth-order valence-corrected chi connectivity index (χ4v) is 4.49. The van der Waals surface area contributed by atoms with Crippen LogP contribution in [0.2, 0.25) is 0 Å². The molecule has 0 aromatic carbocycles. The lowest BCUT2D eigenvalue weighted by molar-refractivity contribution is -0.212. The number of carbonyl (C=O) groups is 1. The van der Waals surface area contributed by atoms with E-state index in [1.807, 2.05) is 18.4 Å². The van der Waals surface area contributed by atoms with Crippen LogP contribution < -0.4 is 10.6 Å². The summed E-state index contributed by atoms with van der Waals surface area (Å²) in [5.74, 6) is -0.718. The molecule has 37 heavy (non-hydrogen) atoms. The molecule has 5 atom stereocenters.